The van der Waals surface area contributed by atoms with Gasteiger partial charge in [0.05, 0.1) is 7.11 Å². The van der Waals surface area contributed by atoms with Crippen LogP contribution in [0.3, 0.4) is 0 Å². The van der Waals surface area contributed by atoms with Crippen molar-refractivity contribution in [1.29, 1.82) is 0 Å². The van der Waals surface area contributed by atoms with Gasteiger partial charge in [-0.05, 0) is 42.3 Å². The summed E-state index contributed by atoms with van der Waals surface area (Å²) in [6.45, 7) is 2.57. The number of hydrogen-bond donors (Lipinski definition) is 1. The quantitative estimate of drug-likeness (QED) is 0.547. The van der Waals surface area contributed by atoms with Crippen LogP contribution in [0.1, 0.15) is 25.3 Å². The molecule has 3 aromatic carbocycles. The van der Waals surface area contributed by atoms with Crippen molar-refractivity contribution in [3.8, 4) is 11.5 Å². The number of hydrogen-bond acceptors (Lipinski definition) is 3. The molecule has 0 aliphatic carbocycles. The van der Waals surface area contributed by atoms with Gasteiger partial charge in [0.2, 0.25) is 0 Å². The summed E-state index contributed by atoms with van der Waals surface area (Å²) in [4.78, 5) is 12.6. The van der Waals surface area contributed by atoms with Crippen molar-refractivity contribution in [2.24, 2.45) is 0 Å². The molecule has 0 aliphatic rings. The Kier molecular flexibility index (Phi) is 6.90. The van der Waals surface area contributed by atoms with Gasteiger partial charge in [-0.2, -0.15) is 0 Å². The van der Waals surface area contributed by atoms with E-state index >= 15 is 0 Å². The lowest BCUT2D eigenvalue weighted by molar-refractivity contribution is -0.128. The van der Waals surface area contributed by atoms with E-state index in [0.717, 1.165) is 40.7 Å². The molecule has 4 nitrogen and oxygen atoms in total. The highest BCUT2D eigenvalue weighted by molar-refractivity contribution is 5.89. The summed E-state index contributed by atoms with van der Waals surface area (Å²) in [5, 5.41) is 5.13. The van der Waals surface area contributed by atoms with Gasteiger partial charge < -0.3 is 14.8 Å². The van der Waals surface area contributed by atoms with Crippen LogP contribution in [0.5, 0.6) is 11.5 Å². The van der Waals surface area contributed by atoms with Crippen LogP contribution >= 0.6 is 0 Å². The maximum absolute atomic E-state index is 12.6. The van der Waals surface area contributed by atoms with E-state index in [9.17, 15) is 4.79 Å². The van der Waals surface area contributed by atoms with Gasteiger partial charge in [0, 0.05) is 11.9 Å². The molecule has 3 aromatic rings. The van der Waals surface area contributed by atoms with Crippen LogP contribution < -0.4 is 14.8 Å². The third-order valence-electron chi connectivity index (χ3n) is 4.80. The third-order valence-corrected chi connectivity index (χ3v) is 4.80. The van der Waals surface area contributed by atoms with Gasteiger partial charge in [-0.15, -0.1) is 0 Å². The molecule has 28 heavy (non-hydrogen) atoms. The largest absolute Gasteiger partial charge is 0.496 e. The van der Waals surface area contributed by atoms with E-state index in [-0.39, 0.29) is 5.91 Å². The minimum absolute atomic E-state index is 0.0736. The second kappa shape index (κ2) is 9.79. The number of para-hydroxylation sites is 1. The second-order valence-electron chi connectivity index (χ2n) is 6.70. The Morgan fingerprint density at radius 1 is 0.964 bits per heavy atom. The zero-order valence-corrected chi connectivity index (χ0v) is 16.5. The first kappa shape index (κ1) is 19.7. The zero-order valence-electron chi connectivity index (χ0n) is 16.5. The number of carbonyl (C=O) groups is 1. The van der Waals surface area contributed by atoms with E-state index in [2.05, 4.69) is 11.4 Å². The number of carbonyl (C=O) groups excluding carboxylic acids is 1. The summed E-state index contributed by atoms with van der Waals surface area (Å²) in [6.07, 6.45) is 1.81. The first-order valence-corrected chi connectivity index (χ1v) is 9.77. The highest BCUT2D eigenvalue weighted by atomic mass is 16.5. The van der Waals surface area contributed by atoms with Crippen molar-refractivity contribution < 1.29 is 14.3 Å². The number of nitrogens with one attached hydrogen (secondary N) is 1. The molecular formula is C24H27NO3. The van der Waals surface area contributed by atoms with Gasteiger partial charge in [0.25, 0.3) is 5.91 Å². The Hall–Kier alpha value is -3.01. The third kappa shape index (κ3) is 4.83. The lowest BCUT2D eigenvalue weighted by atomic mass is 10.1. The van der Waals surface area contributed by atoms with Crippen LogP contribution in [0, 0.1) is 0 Å². The van der Waals surface area contributed by atoms with Crippen LogP contribution in [0.15, 0.2) is 66.7 Å². The van der Waals surface area contributed by atoms with E-state index in [1.807, 2.05) is 67.6 Å². The van der Waals surface area contributed by atoms with E-state index in [1.165, 1.54) is 0 Å². The number of aryl methyl sites for hydroxylation is 1. The summed E-state index contributed by atoms with van der Waals surface area (Å²) in [5.41, 5.74) is 1.15. The van der Waals surface area contributed by atoms with Crippen molar-refractivity contribution in [3.63, 3.8) is 0 Å². The number of fused-ring (bicyclic) bond motifs is 1. The molecule has 0 bridgehead atoms. The first-order valence-electron chi connectivity index (χ1n) is 9.77. The summed E-state index contributed by atoms with van der Waals surface area (Å²) in [6, 6.07) is 21.9. The topological polar surface area (TPSA) is 47.6 Å². The smallest absolute Gasteiger partial charge is 0.261 e. The van der Waals surface area contributed by atoms with Gasteiger partial charge in [-0.3, -0.25) is 4.79 Å². The molecule has 1 atom stereocenters. The van der Waals surface area contributed by atoms with E-state index in [1.54, 1.807) is 7.11 Å². The van der Waals surface area contributed by atoms with Crippen molar-refractivity contribution in [3.05, 3.63) is 72.3 Å². The SMILES string of the molecule is CCC(Oc1cccc2ccccc12)C(=O)NCCCc1ccccc1OC. The lowest BCUT2D eigenvalue weighted by Crippen LogP contribution is -2.38. The minimum atomic E-state index is -0.503. The fourth-order valence-electron chi connectivity index (χ4n) is 3.29. The monoisotopic (exact) mass is 377 g/mol. The lowest BCUT2D eigenvalue weighted by Gasteiger charge is -2.18. The number of benzene rings is 3. The Balaban J connectivity index is 1.55. The van der Waals surface area contributed by atoms with E-state index in [0.29, 0.717) is 13.0 Å². The first-order chi connectivity index (χ1) is 13.7. The highest BCUT2D eigenvalue weighted by Gasteiger charge is 2.18. The number of ether oxygens (including phenoxy) is 2. The molecule has 0 heterocycles. The number of amides is 1. The van der Waals surface area contributed by atoms with Crippen LogP contribution in [0.25, 0.3) is 10.8 Å². The molecule has 146 valence electrons. The summed E-state index contributed by atoms with van der Waals surface area (Å²) < 4.78 is 11.4. The van der Waals surface area contributed by atoms with Crippen LogP contribution in [0.4, 0.5) is 0 Å². The van der Waals surface area contributed by atoms with Gasteiger partial charge in [0.15, 0.2) is 6.10 Å². The Morgan fingerprint density at radius 2 is 1.68 bits per heavy atom. The molecule has 1 N–H and O–H groups in total. The molecule has 4 heteroatoms. The molecule has 0 spiro atoms. The Bertz CT molecular complexity index is 917. The van der Waals surface area contributed by atoms with Gasteiger partial charge >= 0.3 is 0 Å². The molecule has 0 aromatic heterocycles. The molecule has 0 saturated carbocycles. The zero-order chi connectivity index (χ0) is 19.8. The Morgan fingerprint density at radius 3 is 2.50 bits per heavy atom. The van der Waals surface area contributed by atoms with Crippen LogP contribution in [-0.2, 0) is 11.2 Å². The van der Waals surface area contributed by atoms with Gasteiger partial charge in [-0.25, -0.2) is 0 Å². The Labute approximate surface area is 166 Å². The molecule has 3 rings (SSSR count). The maximum Gasteiger partial charge on any atom is 0.261 e. The number of methoxy groups -OCH3 is 1. The second-order valence-corrected chi connectivity index (χ2v) is 6.70. The predicted octanol–water partition coefficient (Wildman–Crippen LogP) is 4.75. The molecule has 0 saturated heterocycles. The predicted molar refractivity (Wildman–Crippen MR) is 113 cm³/mol. The van der Waals surface area contributed by atoms with Crippen molar-refractivity contribution in [2.75, 3.05) is 13.7 Å². The molecule has 0 fully saturated rings. The average molecular weight is 377 g/mol. The van der Waals surface area contributed by atoms with Crippen molar-refractivity contribution >= 4 is 16.7 Å². The number of rotatable bonds is 9. The van der Waals surface area contributed by atoms with Gasteiger partial charge in [-0.1, -0.05) is 61.5 Å². The van der Waals surface area contributed by atoms with Crippen LogP contribution in [-0.4, -0.2) is 25.7 Å². The summed E-state index contributed by atoms with van der Waals surface area (Å²) in [7, 11) is 1.68. The standard InChI is InChI=1S/C24H27NO3/c1-3-21(28-23-16-8-12-18-10-4-6-14-20(18)23)24(26)25-17-9-13-19-11-5-7-15-22(19)27-2/h4-8,10-12,14-16,21H,3,9,13,17H2,1-2H3,(H,25,26). The van der Waals surface area contributed by atoms with Crippen molar-refractivity contribution in [1.82, 2.24) is 5.32 Å². The fourth-order valence-corrected chi connectivity index (χ4v) is 3.29. The molecule has 0 radical (unpaired) electrons. The average Bonchev–Trinajstić information content (AvgIpc) is 2.75. The highest BCUT2D eigenvalue weighted by Crippen LogP contribution is 2.26. The molecule has 1 amide bonds. The fraction of sp³-hybridized carbons (Fsp3) is 0.292. The normalized spacial score (nSPS) is 11.8. The summed E-state index contributed by atoms with van der Waals surface area (Å²) >= 11 is 0. The molecule has 0 aliphatic heterocycles. The van der Waals surface area contributed by atoms with E-state index in [4.69, 9.17) is 9.47 Å². The minimum Gasteiger partial charge on any atom is -0.496 e. The maximum atomic E-state index is 12.6. The van der Waals surface area contributed by atoms with Gasteiger partial charge in [0.1, 0.15) is 11.5 Å². The van der Waals surface area contributed by atoms with E-state index < -0.39 is 6.10 Å². The van der Waals surface area contributed by atoms with Crippen molar-refractivity contribution in [2.45, 2.75) is 32.3 Å². The molecular weight excluding hydrogens is 350 g/mol. The summed E-state index contributed by atoms with van der Waals surface area (Å²) in [5.74, 6) is 1.56. The van der Waals surface area contributed by atoms with Crippen LogP contribution in [0.2, 0.25) is 0 Å². The molecule has 1 unspecified atom stereocenters.